The number of furan rings is 1. The maximum atomic E-state index is 6.68. The second-order valence-corrected chi connectivity index (χ2v) is 12.8. The number of hydrogen-bond donors (Lipinski definition) is 0. The van der Waals surface area contributed by atoms with E-state index >= 15 is 0 Å². The molecule has 0 N–H and O–H groups in total. The van der Waals surface area contributed by atoms with Gasteiger partial charge in [-0.25, -0.2) is 15.0 Å². The van der Waals surface area contributed by atoms with Crippen LogP contribution in [0.1, 0.15) is 0 Å². The van der Waals surface area contributed by atoms with Crippen LogP contribution in [0, 0.1) is 0 Å². The molecule has 0 fully saturated rings. The van der Waals surface area contributed by atoms with E-state index < -0.39 is 0 Å². The summed E-state index contributed by atoms with van der Waals surface area (Å²) >= 11 is 0. The largest absolute Gasteiger partial charge is 0.456 e. The summed E-state index contributed by atoms with van der Waals surface area (Å²) in [4.78, 5) is 15.3. The maximum absolute atomic E-state index is 6.68. The molecule has 10 aromatic rings. The molecule has 8 aromatic carbocycles. The van der Waals surface area contributed by atoms with E-state index in [1.807, 2.05) is 60.7 Å². The average Bonchev–Trinajstić information content (AvgIpc) is 3.57. The van der Waals surface area contributed by atoms with Crippen molar-refractivity contribution in [2.45, 2.75) is 0 Å². The molecule has 0 aliphatic rings. The van der Waals surface area contributed by atoms with Crippen LogP contribution >= 0.6 is 0 Å². The predicted molar refractivity (Wildman–Crippen MR) is 209 cm³/mol. The molecule has 4 nitrogen and oxygen atoms in total. The van der Waals surface area contributed by atoms with Crippen molar-refractivity contribution < 1.29 is 4.42 Å². The van der Waals surface area contributed by atoms with Crippen molar-refractivity contribution in [1.29, 1.82) is 0 Å². The lowest BCUT2D eigenvalue weighted by atomic mass is 9.94. The van der Waals surface area contributed by atoms with E-state index in [0.717, 1.165) is 60.5 Å². The highest BCUT2D eigenvalue weighted by atomic mass is 16.3. The van der Waals surface area contributed by atoms with Crippen LogP contribution in [-0.4, -0.2) is 15.0 Å². The molecule has 2 aromatic heterocycles. The molecule has 0 spiro atoms. The molecule has 51 heavy (non-hydrogen) atoms. The van der Waals surface area contributed by atoms with Gasteiger partial charge in [-0.3, -0.25) is 0 Å². The third-order valence-corrected chi connectivity index (χ3v) is 9.70. The van der Waals surface area contributed by atoms with Crippen molar-refractivity contribution in [3.8, 4) is 56.4 Å². The van der Waals surface area contributed by atoms with E-state index in [4.69, 9.17) is 19.4 Å². The molecule has 0 aliphatic carbocycles. The first-order valence-corrected chi connectivity index (χ1v) is 17.1. The topological polar surface area (TPSA) is 51.8 Å². The first-order valence-electron chi connectivity index (χ1n) is 17.1. The van der Waals surface area contributed by atoms with Gasteiger partial charge >= 0.3 is 0 Å². The first-order chi connectivity index (χ1) is 25.2. The molecule has 0 radical (unpaired) electrons. The molecule has 0 saturated carbocycles. The van der Waals surface area contributed by atoms with Crippen LogP contribution < -0.4 is 0 Å². The molecule has 238 valence electrons. The van der Waals surface area contributed by atoms with Crippen molar-refractivity contribution in [1.82, 2.24) is 15.0 Å². The number of nitrogens with zero attached hydrogens (tertiary/aromatic N) is 3. The van der Waals surface area contributed by atoms with Crippen molar-refractivity contribution in [3.05, 3.63) is 176 Å². The zero-order valence-corrected chi connectivity index (χ0v) is 27.5. The Balaban J connectivity index is 1.21. The van der Waals surface area contributed by atoms with Gasteiger partial charge in [0.25, 0.3) is 0 Å². The van der Waals surface area contributed by atoms with Crippen LogP contribution in [0.25, 0.3) is 99.9 Å². The molecule has 0 bridgehead atoms. The summed E-state index contributed by atoms with van der Waals surface area (Å²) in [6.45, 7) is 0. The fourth-order valence-electron chi connectivity index (χ4n) is 7.18. The Labute approximate surface area is 294 Å². The standard InChI is InChI=1S/C47H29N3O/c1-3-13-33(14-4-1)45-48-46(34-15-5-2-6-16-34)50-47(49-45)41-27-37(29-43-44(41)40-26-35-17-7-8-18-36(35)28-42(40)51-43)30-22-24-32(25-23-30)39-21-11-19-31-12-9-10-20-38(31)39/h1-29H. The average molecular weight is 652 g/mol. The summed E-state index contributed by atoms with van der Waals surface area (Å²) in [7, 11) is 0. The van der Waals surface area contributed by atoms with Crippen LogP contribution in [0.2, 0.25) is 0 Å². The highest BCUT2D eigenvalue weighted by Crippen LogP contribution is 2.41. The van der Waals surface area contributed by atoms with Gasteiger partial charge in [-0.2, -0.15) is 0 Å². The smallest absolute Gasteiger partial charge is 0.164 e. The van der Waals surface area contributed by atoms with Gasteiger partial charge in [-0.15, -0.1) is 0 Å². The molecule has 0 atom stereocenters. The van der Waals surface area contributed by atoms with E-state index in [9.17, 15) is 0 Å². The maximum Gasteiger partial charge on any atom is 0.164 e. The zero-order chi connectivity index (χ0) is 33.7. The van der Waals surface area contributed by atoms with E-state index in [1.165, 1.54) is 21.9 Å². The van der Waals surface area contributed by atoms with Crippen molar-refractivity contribution in [2.75, 3.05) is 0 Å². The molecular weight excluding hydrogens is 623 g/mol. The Morgan fingerprint density at radius 1 is 0.314 bits per heavy atom. The molecule has 0 aliphatic heterocycles. The molecular formula is C47H29N3O. The van der Waals surface area contributed by atoms with Crippen molar-refractivity contribution in [2.24, 2.45) is 0 Å². The van der Waals surface area contributed by atoms with Gasteiger partial charge in [-0.1, -0.05) is 152 Å². The van der Waals surface area contributed by atoms with Crippen LogP contribution in [0.4, 0.5) is 0 Å². The lowest BCUT2D eigenvalue weighted by Gasteiger charge is -2.12. The van der Waals surface area contributed by atoms with Crippen LogP contribution in [0.5, 0.6) is 0 Å². The van der Waals surface area contributed by atoms with Crippen molar-refractivity contribution >= 4 is 43.5 Å². The Morgan fingerprint density at radius 3 is 1.59 bits per heavy atom. The Morgan fingerprint density at radius 2 is 0.882 bits per heavy atom. The zero-order valence-electron chi connectivity index (χ0n) is 27.5. The summed E-state index contributed by atoms with van der Waals surface area (Å²) in [5.74, 6) is 1.84. The minimum atomic E-state index is 0.595. The normalized spacial score (nSPS) is 11.5. The number of hydrogen-bond acceptors (Lipinski definition) is 4. The molecule has 0 amide bonds. The van der Waals surface area contributed by atoms with Gasteiger partial charge < -0.3 is 4.42 Å². The number of rotatable bonds is 5. The van der Waals surface area contributed by atoms with E-state index in [0.29, 0.717) is 17.5 Å². The van der Waals surface area contributed by atoms with E-state index in [2.05, 4.69) is 115 Å². The number of benzene rings is 8. The summed E-state index contributed by atoms with van der Waals surface area (Å²) < 4.78 is 6.68. The Kier molecular flexibility index (Phi) is 6.78. The van der Waals surface area contributed by atoms with E-state index in [-0.39, 0.29) is 0 Å². The second-order valence-electron chi connectivity index (χ2n) is 12.8. The molecule has 10 rings (SSSR count). The Hall–Kier alpha value is -6.91. The molecule has 2 heterocycles. The van der Waals surface area contributed by atoms with Gasteiger partial charge in [0.2, 0.25) is 0 Å². The minimum absolute atomic E-state index is 0.595. The van der Waals surface area contributed by atoms with E-state index in [1.54, 1.807) is 0 Å². The highest BCUT2D eigenvalue weighted by molar-refractivity contribution is 6.16. The summed E-state index contributed by atoms with van der Waals surface area (Å²) in [6, 6.07) is 61.1. The quantitative estimate of drug-likeness (QED) is 0.186. The van der Waals surface area contributed by atoms with Crippen LogP contribution in [0.15, 0.2) is 180 Å². The monoisotopic (exact) mass is 651 g/mol. The first kappa shape index (κ1) is 29.0. The lowest BCUT2D eigenvalue weighted by molar-refractivity contribution is 0.669. The van der Waals surface area contributed by atoms with Crippen LogP contribution in [-0.2, 0) is 0 Å². The Bertz CT molecular complexity index is 2830. The third-order valence-electron chi connectivity index (χ3n) is 9.70. The SMILES string of the molecule is c1ccc(-c2nc(-c3ccccc3)nc(-c3cc(-c4ccc(-c5cccc6ccccc56)cc4)cc4oc5cc6ccccc6cc5c34)n2)cc1. The fraction of sp³-hybridized carbons (Fsp3) is 0. The summed E-state index contributed by atoms with van der Waals surface area (Å²) in [6.07, 6.45) is 0. The summed E-state index contributed by atoms with van der Waals surface area (Å²) in [5, 5.41) is 6.76. The van der Waals surface area contributed by atoms with Gasteiger partial charge in [0.15, 0.2) is 17.5 Å². The van der Waals surface area contributed by atoms with Gasteiger partial charge in [-0.05, 0) is 68.1 Å². The highest BCUT2D eigenvalue weighted by Gasteiger charge is 2.20. The van der Waals surface area contributed by atoms with Gasteiger partial charge in [0.05, 0.1) is 0 Å². The van der Waals surface area contributed by atoms with Gasteiger partial charge in [0, 0.05) is 27.5 Å². The lowest BCUT2D eigenvalue weighted by Crippen LogP contribution is -2.00. The van der Waals surface area contributed by atoms with Gasteiger partial charge in [0.1, 0.15) is 11.2 Å². The number of aromatic nitrogens is 3. The number of fused-ring (bicyclic) bond motifs is 5. The third kappa shape index (κ3) is 5.13. The van der Waals surface area contributed by atoms with Crippen molar-refractivity contribution in [3.63, 3.8) is 0 Å². The second kappa shape index (κ2) is 11.9. The molecule has 0 unspecified atom stereocenters. The fourth-order valence-corrected chi connectivity index (χ4v) is 7.18. The molecule has 0 saturated heterocycles. The predicted octanol–water partition coefficient (Wildman–Crippen LogP) is 12.4. The molecule has 4 heteroatoms. The minimum Gasteiger partial charge on any atom is -0.456 e. The summed E-state index contributed by atoms with van der Waals surface area (Å²) in [5.41, 5.74) is 8.85. The van der Waals surface area contributed by atoms with Crippen LogP contribution in [0.3, 0.4) is 0 Å².